The summed E-state index contributed by atoms with van der Waals surface area (Å²) in [5.41, 5.74) is 1.30. The molecule has 24 heavy (non-hydrogen) atoms. The van der Waals surface area contributed by atoms with E-state index in [2.05, 4.69) is 0 Å². The van der Waals surface area contributed by atoms with Gasteiger partial charge in [0.25, 0.3) is 0 Å². The third-order valence-electron chi connectivity index (χ3n) is 3.64. The lowest BCUT2D eigenvalue weighted by atomic mass is 10.1. The molecule has 0 saturated carbocycles. The standard InChI is InChI=1S/C20H24FNO2/c1-15(17-8-6-5-7-9-17)22(19(23)24-20(2,3)4)14-16-10-12-18(21)13-11-16/h5-13,15H,14H2,1-4H3. The van der Waals surface area contributed by atoms with Gasteiger partial charge in [-0.15, -0.1) is 0 Å². The molecule has 0 aliphatic carbocycles. The van der Waals surface area contributed by atoms with E-state index in [4.69, 9.17) is 4.74 Å². The van der Waals surface area contributed by atoms with Crippen LogP contribution in [0.4, 0.5) is 9.18 Å². The van der Waals surface area contributed by atoms with Gasteiger partial charge in [-0.2, -0.15) is 0 Å². The Balaban J connectivity index is 2.26. The minimum absolute atomic E-state index is 0.161. The quantitative estimate of drug-likeness (QED) is 0.759. The highest BCUT2D eigenvalue weighted by molar-refractivity contribution is 5.69. The van der Waals surface area contributed by atoms with Gasteiger partial charge >= 0.3 is 6.09 Å². The molecule has 0 aromatic heterocycles. The molecule has 1 atom stereocenters. The van der Waals surface area contributed by atoms with Crippen LogP contribution < -0.4 is 0 Å². The molecule has 2 aromatic carbocycles. The van der Waals surface area contributed by atoms with Crippen molar-refractivity contribution in [2.75, 3.05) is 0 Å². The lowest BCUT2D eigenvalue weighted by Gasteiger charge is -2.32. The van der Waals surface area contributed by atoms with Gasteiger partial charge in [0.15, 0.2) is 0 Å². The Hall–Kier alpha value is -2.36. The molecular formula is C20H24FNO2. The largest absolute Gasteiger partial charge is 0.444 e. The van der Waals surface area contributed by atoms with E-state index in [1.165, 1.54) is 12.1 Å². The molecule has 128 valence electrons. The van der Waals surface area contributed by atoms with Crippen molar-refractivity contribution in [3.05, 3.63) is 71.5 Å². The van der Waals surface area contributed by atoms with Gasteiger partial charge in [0.05, 0.1) is 6.04 Å². The zero-order chi connectivity index (χ0) is 17.7. The topological polar surface area (TPSA) is 29.5 Å². The fraction of sp³-hybridized carbons (Fsp3) is 0.350. The van der Waals surface area contributed by atoms with Crippen LogP contribution in [0.5, 0.6) is 0 Å². The molecule has 1 unspecified atom stereocenters. The van der Waals surface area contributed by atoms with Gasteiger partial charge in [0.1, 0.15) is 11.4 Å². The molecule has 0 heterocycles. The van der Waals surface area contributed by atoms with Crippen LogP contribution >= 0.6 is 0 Å². The summed E-state index contributed by atoms with van der Waals surface area (Å²) >= 11 is 0. The average molecular weight is 329 g/mol. The van der Waals surface area contributed by atoms with E-state index < -0.39 is 5.60 Å². The Morgan fingerprint density at radius 1 is 1.08 bits per heavy atom. The highest BCUT2D eigenvalue weighted by atomic mass is 19.1. The smallest absolute Gasteiger partial charge is 0.411 e. The molecule has 0 spiro atoms. The van der Waals surface area contributed by atoms with E-state index in [-0.39, 0.29) is 18.0 Å². The molecule has 1 amide bonds. The lowest BCUT2D eigenvalue weighted by molar-refractivity contribution is 0.0153. The highest BCUT2D eigenvalue weighted by Crippen LogP contribution is 2.25. The third-order valence-corrected chi connectivity index (χ3v) is 3.64. The van der Waals surface area contributed by atoms with Crippen LogP contribution in [0.3, 0.4) is 0 Å². The van der Waals surface area contributed by atoms with Crippen LogP contribution in [-0.2, 0) is 11.3 Å². The molecule has 0 saturated heterocycles. The third kappa shape index (κ3) is 5.08. The van der Waals surface area contributed by atoms with Gasteiger partial charge in [0.2, 0.25) is 0 Å². The van der Waals surface area contributed by atoms with Gasteiger partial charge in [-0.05, 0) is 51.0 Å². The maximum atomic E-state index is 13.1. The maximum absolute atomic E-state index is 13.1. The molecule has 0 radical (unpaired) electrons. The van der Waals surface area contributed by atoms with Crippen molar-refractivity contribution in [1.29, 1.82) is 0 Å². The highest BCUT2D eigenvalue weighted by Gasteiger charge is 2.27. The summed E-state index contributed by atoms with van der Waals surface area (Å²) in [6.45, 7) is 7.84. The van der Waals surface area contributed by atoms with E-state index in [1.54, 1.807) is 17.0 Å². The van der Waals surface area contributed by atoms with E-state index in [0.717, 1.165) is 11.1 Å². The summed E-state index contributed by atoms with van der Waals surface area (Å²) in [7, 11) is 0. The van der Waals surface area contributed by atoms with Crippen LogP contribution in [0, 0.1) is 5.82 Å². The predicted molar refractivity (Wildman–Crippen MR) is 93.0 cm³/mol. The normalized spacial score (nSPS) is 12.5. The molecule has 2 aromatic rings. The van der Waals surface area contributed by atoms with Crippen LogP contribution in [-0.4, -0.2) is 16.6 Å². The number of rotatable bonds is 4. The van der Waals surface area contributed by atoms with Crippen molar-refractivity contribution in [1.82, 2.24) is 4.90 Å². The Kier molecular flexibility index (Phi) is 5.60. The summed E-state index contributed by atoms with van der Waals surface area (Å²) in [5, 5.41) is 0. The maximum Gasteiger partial charge on any atom is 0.411 e. The first-order valence-electron chi connectivity index (χ1n) is 8.05. The van der Waals surface area contributed by atoms with Crippen molar-refractivity contribution in [3.8, 4) is 0 Å². The predicted octanol–water partition coefficient (Wildman–Crippen LogP) is 5.32. The summed E-state index contributed by atoms with van der Waals surface area (Å²) in [5.74, 6) is -0.293. The summed E-state index contributed by atoms with van der Waals surface area (Å²) in [6, 6.07) is 15.8. The number of ether oxygens (including phenoxy) is 1. The van der Waals surface area contributed by atoms with Crippen molar-refractivity contribution in [2.45, 2.75) is 45.9 Å². The number of carbonyl (C=O) groups excluding carboxylic acids is 1. The Labute approximate surface area is 143 Å². The Morgan fingerprint density at radius 3 is 2.21 bits per heavy atom. The number of carbonyl (C=O) groups is 1. The number of nitrogens with zero attached hydrogens (tertiary/aromatic N) is 1. The average Bonchev–Trinajstić information content (AvgIpc) is 2.53. The SMILES string of the molecule is CC(c1ccccc1)N(Cc1ccc(F)cc1)C(=O)OC(C)(C)C. The molecule has 0 bridgehead atoms. The zero-order valence-electron chi connectivity index (χ0n) is 14.6. The van der Waals surface area contributed by atoms with Crippen LogP contribution in [0.2, 0.25) is 0 Å². The van der Waals surface area contributed by atoms with Crippen LogP contribution in [0.25, 0.3) is 0 Å². The van der Waals surface area contributed by atoms with Crippen molar-refractivity contribution in [3.63, 3.8) is 0 Å². The van der Waals surface area contributed by atoms with E-state index in [1.807, 2.05) is 58.0 Å². The first-order valence-corrected chi connectivity index (χ1v) is 8.05. The second-order valence-electron chi connectivity index (χ2n) is 6.82. The van der Waals surface area contributed by atoms with Crippen molar-refractivity contribution < 1.29 is 13.9 Å². The first kappa shape index (κ1) is 18.0. The summed E-state index contributed by atoms with van der Waals surface area (Å²) < 4.78 is 18.7. The Bertz CT molecular complexity index is 662. The van der Waals surface area contributed by atoms with Crippen LogP contribution in [0.15, 0.2) is 54.6 Å². The van der Waals surface area contributed by atoms with Gasteiger partial charge in [-0.3, -0.25) is 4.90 Å². The monoisotopic (exact) mass is 329 g/mol. The van der Waals surface area contributed by atoms with Crippen molar-refractivity contribution >= 4 is 6.09 Å². The van der Waals surface area contributed by atoms with Crippen LogP contribution in [0.1, 0.15) is 44.9 Å². The molecule has 0 aliphatic rings. The van der Waals surface area contributed by atoms with E-state index >= 15 is 0 Å². The van der Waals surface area contributed by atoms with Gasteiger partial charge < -0.3 is 4.74 Å². The summed E-state index contributed by atoms with van der Waals surface area (Å²) in [6.07, 6.45) is -0.386. The number of hydrogen-bond donors (Lipinski definition) is 0. The molecule has 0 N–H and O–H groups in total. The fourth-order valence-corrected chi connectivity index (χ4v) is 2.38. The number of halogens is 1. The number of benzene rings is 2. The molecule has 0 fully saturated rings. The number of amides is 1. The lowest BCUT2D eigenvalue weighted by Crippen LogP contribution is -2.38. The zero-order valence-corrected chi connectivity index (χ0v) is 14.6. The molecule has 4 heteroatoms. The van der Waals surface area contributed by atoms with Gasteiger partial charge in [-0.25, -0.2) is 9.18 Å². The van der Waals surface area contributed by atoms with E-state index in [0.29, 0.717) is 6.54 Å². The minimum atomic E-state index is -0.575. The molecule has 3 nitrogen and oxygen atoms in total. The van der Waals surface area contributed by atoms with Crippen molar-refractivity contribution in [2.24, 2.45) is 0 Å². The van der Waals surface area contributed by atoms with Gasteiger partial charge in [-0.1, -0.05) is 42.5 Å². The second kappa shape index (κ2) is 7.47. The minimum Gasteiger partial charge on any atom is -0.444 e. The summed E-state index contributed by atoms with van der Waals surface area (Å²) in [4.78, 5) is 14.3. The van der Waals surface area contributed by atoms with E-state index in [9.17, 15) is 9.18 Å². The molecule has 0 aliphatic heterocycles. The molecular weight excluding hydrogens is 305 g/mol. The second-order valence-corrected chi connectivity index (χ2v) is 6.82. The first-order chi connectivity index (χ1) is 11.3. The fourth-order valence-electron chi connectivity index (χ4n) is 2.38. The molecule has 2 rings (SSSR count). The Morgan fingerprint density at radius 2 is 1.67 bits per heavy atom. The number of hydrogen-bond acceptors (Lipinski definition) is 2. The van der Waals surface area contributed by atoms with Gasteiger partial charge in [0, 0.05) is 6.54 Å².